The quantitative estimate of drug-likeness (QED) is 0.659. The highest BCUT2D eigenvalue weighted by molar-refractivity contribution is 6.35. The molecule has 3 rings (SSSR count). The predicted molar refractivity (Wildman–Crippen MR) is 100 cm³/mol. The van der Waals surface area contributed by atoms with Gasteiger partial charge in [-0.25, -0.2) is 0 Å². The minimum atomic E-state index is -0.177. The molecule has 1 aromatic heterocycles. The lowest BCUT2D eigenvalue weighted by Crippen LogP contribution is -2.26. The molecule has 1 heterocycles. The first kappa shape index (κ1) is 17.5. The fourth-order valence-electron chi connectivity index (χ4n) is 2.56. The third kappa shape index (κ3) is 4.41. The van der Waals surface area contributed by atoms with E-state index < -0.39 is 0 Å². The summed E-state index contributed by atoms with van der Waals surface area (Å²) < 4.78 is 1.86. The molecule has 0 saturated carbocycles. The van der Waals surface area contributed by atoms with E-state index in [9.17, 15) is 4.79 Å². The van der Waals surface area contributed by atoms with Crippen LogP contribution in [-0.2, 0) is 13.1 Å². The highest BCUT2D eigenvalue weighted by Gasteiger charge is 2.16. The topological polar surface area (TPSA) is 38.1 Å². The Morgan fingerprint density at radius 3 is 2.64 bits per heavy atom. The number of aromatic nitrogens is 2. The normalized spacial score (nSPS) is 10.7. The molecule has 0 radical (unpaired) electrons. The number of carbonyl (C=O) groups is 1. The van der Waals surface area contributed by atoms with Crippen molar-refractivity contribution in [1.82, 2.24) is 14.7 Å². The molecule has 0 unspecified atom stereocenters. The fraction of sp³-hybridized carbons (Fsp3) is 0.158. The smallest absolute Gasteiger partial charge is 0.255 e. The molecule has 3 aromatic rings. The Morgan fingerprint density at radius 2 is 1.88 bits per heavy atom. The Kier molecular flexibility index (Phi) is 5.41. The number of carbonyl (C=O) groups excluding carboxylic acids is 1. The van der Waals surface area contributed by atoms with Crippen LogP contribution in [0.5, 0.6) is 0 Å². The van der Waals surface area contributed by atoms with E-state index in [0.717, 1.165) is 5.56 Å². The number of nitrogens with zero attached hydrogens (tertiary/aromatic N) is 3. The number of benzene rings is 2. The zero-order valence-electron chi connectivity index (χ0n) is 13.7. The Hall–Kier alpha value is -2.30. The Labute approximate surface area is 156 Å². The highest BCUT2D eigenvalue weighted by Crippen LogP contribution is 2.22. The predicted octanol–water partition coefficient (Wildman–Crippen LogP) is 4.51. The average Bonchev–Trinajstić information content (AvgIpc) is 3.04. The SMILES string of the molecule is CN(Cc1cnn(Cc2ccccc2)c1)C(=O)c1cc(Cl)ccc1Cl. The minimum Gasteiger partial charge on any atom is -0.337 e. The maximum Gasteiger partial charge on any atom is 0.255 e. The van der Waals surface area contributed by atoms with Gasteiger partial charge in [0.25, 0.3) is 5.91 Å². The molecule has 0 fully saturated rings. The Bertz CT molecular complexity index is 877. The molecule has 2 aromatic carbocycles. The van der Waals surface area contributed by atoms with Gasteiger partial charge >= 0.3 is 0 Å². The largest absolute Gasteiger partial charge is 0.337 e. The second kappa shape index (κ2) is 7.72. The summed E-state index contributed by atoms with van der Waals surface area (Å²) in [6.07, 6.45) is 3.71. The summed E-state index contributed by atoms with van der Waals surface area (Å²) >= 11 is 12.1. The van der Waals surface area contributed by atoms with Crippen LogP contribution in [0.1, 0.15) is 21.5 Å². The molecule has 0 aliphatic rings. The van der Waals surface area contributed by atoms with Crippen LogP contribution >= 0.6 is 23.2 Å². The van der Waals surface area contributed by atoms with Gasteiger partial charge in [0.1, 0.15) is 0 Å². The molecular formula is C19H17Cl2N3O. The van der Waals surface area contributed by atoms with E-state index in [1.54, 1.807) is 36.3 Å². The van der Waals surface area contributed by atoms with Gasteiger partial charge in [0.2, 0.25) is 0 Å². The standard InChI is InChI=1S/C19H17Cl2N3O/c1-23(19(25)17-9-16(20)7-8-18(17)21)11-15-10-22-24(13-15)12-14-5-3-2-4-6-14/h2-10,13H,11-12H2,1H3. The van der Waals surface area contributed by atoms with Crippen LogP contribution in [0.3, 0.4) is 0 Å². The van der Waals surface area contributed by atoms with Crippen LogP contribution in [0.15, 0.2) is 60.9 Å². The summed E-state index contributed by atoms with van der Waals surface area (Å²) in [6, 6.07) is 15.0. The number of halogens is 2. The first-order valence-electron chi connectivity index (χ1n) is 7.78. The highest BCUT2D eigenvalue weighted by atomic mass is 35.5. The lowest BCUT2D eigenvalue weighted by atomic mass is 10.2. The van der Waals surface area contributed by atoms with Gasteiger partial charge in [0.05, 0.1) is 23.3 Å². The van der Waals surface area contributed by atoms with E-state index >= 15 is 0 Å². The van der Waals surface area contributed by atoms with Crippen LogP contribution in [0.25, 0.3) is 0 Å². The molecule has 0 aliphatic carbocycles. The van der Waals surface area contributed by atoms with E-state index in [1.165, 1.54) is 5.56 Å². The average molecular weight is 374 g/mol. The lowest BCUT2D eigenvalue weighted by molar-refractivity contribution is 0.0785. The molecule has 4 nitrogen and oxygen atoms in total. The van der Waals surface area contributed by atoms with Crippen molar-refractivity contribution in [2.45, 2.75) is 13.1 Å². The number of amides is 1. The van der Waals surface area contributed by atoms with Gasteiger partial charge in [-0.3, -0.25) is 9.48 Å². The zero-order valence-corrected chi connectivity index (χ0v) is 15.2. The first-order chi connectivity index (χ1) is 12.0. The van der Waals surface area contributed by atoms with Gasteiger partial charge in [-0.15, -0.1) is 0 Å². The van der Waals surface area contributed by atoms with Gasteiger partial charge in [-0.1, -0.05) is 53.5 Å². The molecule has 0 atom stereocenters. The molecule has 128 valence electrons. The van der Waals surface area contributed by atoms with Gasteiger partial charge in [0, 0.05) is 30.4 Å². The van der Waals surface area contributed by atoms with Crippen LogP contribution in [0.4, 0.5) is 0 Å². The molecule has 25 heavy (non-hydrogen) atoms. The van der Waals surface area contributed by atoms with Crippen LogP contribution in [-0.4, -0.2) is 27.6 Å². The molecular weight excluding hydrogens is 357 g/mol. The maximum absolute atomic E-state index is 12.6. The minimum absolute atomic E-state index is 0.177. The summed E-state index contributed by atoms with van der Waals surface area (Å²) in [7, 11) is 1.73. The van der Waals surface area contributed by atoms with E-state index in [0.29, 0.717) is 28.7 Å². The molecule has 0 spiro atoms. The van der Waals surface area contributed by atoms with Gasteiger partial charge in [-0.2, -0.15) is 5.10 Å². The van der Waals surface area contributed by atoms with Crippen LogP contribution in [0.2, 0.25) is 10.0 Å². The maximum atomic E-state index is 12.6. The summed E-state index contributed by atoms with van der Waals surface area (Å²) in [6.45, 7) is 1.13. The number of hydrogen-bond acceptors (Lipinski definition) is 2. The van der Waals surface area contributed by atoms with Gasteiger partial charge in [-0.05, 0) is 23.8 Å². The first-order valence-corrected chi connectivity index (χ1v) is 8.54. The third-order valence-electron chi connectivity index (χ3n) is 3.80. The summed E-state index contributed by atoms with van der Waals surface area (Å²) in [5.74, 6) is -0.177. The van der Waals surface area contributed by atoms with Gasteiger partial charge < -0.3 is 4.90 Å². The molecule has 0 bridgehead atoms. The molecule has 0 N–H and O–H groups in total. The van der Waals surface area contributed by atoms with E-state index in [4.69, 9.17) is 23.2 Å². The summed E-state index contributed by atoms with van der Waals surface area (Å²) in [4.78, 5) is 14.2. The Morgan fingerprint density at radius 1 is 1.12 bits per heavy atom. The van der Waals surface area contributed by atoms with Crippen molar-refractivity contribution in [1.29, 1.82) is 0 Å². The van der Waals surface area contributed by atoms with E-state index in [1.807, 2.05) is 29.1 Å². The summed E-state index contributed by atoms with van der Waals surface area (Å²) in [5.41, 5.74) is 2.52. The zero-order chi connectivity index (χ0) is 17.8. The van der Waals surface area contributed by atoms with Crippen LogP contribution < -0.4 is 0 Å². The molecule has 1 amide bonds. The van der Waals surface area contributed by atoms with Gasteiger partial charge in [0.15, 0.2) is 0 Å². The molecule has 0 saturated heterocycles. The van der Waals surface area contributed by atoms with Crippen molar-refractivity contribution in [2.24, 2.45) is 0 Å². The van der Waals surface area contributed by atoms with E-state index in [2.05, 4.69) is 17.2 Å². The second-order valence-electron chi connectivity index (χ2n) is 5.82. The monoisotopic (exact) mass is 373 g/mol. The molecule has 6 heteroatoms. The number of hydrogen-bond donors (Lipinski definition) is 0. The van der Waals surface area contributed by atoms with Crippen molar-refractivity contribution < 1.29 is 4.79 Å². The lowest BCUT2D eigenvalue weighted by Gasteiger charge is -2.17. The van der Waals surface area contributed by atoms with Crippen molar-refractivity contribution in [3.8, 4) is 0 Å². The second-order valence-corrected chi connectivity index (χ2v) is 6.66. The van der Waals surface area contributed by atoms with Crippen molar-refractivity contribution in [3.05, 3.63) is 87.7 Å². The summed E-state index contributed by atoms with van der Waals surface area (Å²) in [5, 5.41) is 5.23. The van der Waals surface area contributed by atoms with Crippen molar-refractivity contribution >= 4 is 29.1 Å². The fourth-order valence-corrected chi connectivity index (χ4v) is 2.93. The number of rotatable bonds is 5. The van der Waals surface area contributed by atoms with Crippen molar-refractivity contribution in [2.75, 3.05) is 7.05 Å². The van der Waals surface area contributed by atoms with E-state index in [-0.39, 0.29) is 5.91 Å². The van der Waals surface area contributed by atoms with Crippen molar-refractivity contribution in [3.63, 3.8) is 0 Å². The Balaban J connectivity index is 1.68. The molecule has 0 aliphatic heterocycles. The van der Waals surface area contributed by atoms with Crippen LogP contribution in [0, 0.1) is 0 Å². The third-order valence-corrected chi connectivity index (χ3v) is 4.36.